The summed E-state index contributed by atoms with van der Waals surface area (Å²) in [4.78, 5) is 27.5. The van der Waals surface area contributed by atoms with Crippen molar-refractivity contribution in [3.63, 3.8) is 0 Å². The molecule has 1 saturated heterocycles. The van der Waals surface area contributed by atoms with E-state index in [1.807, 2.05) is 0 Å². The Bertz CT molecular complexity index is 969. The molecule has 0 aliphatic carbocycles. The predicted octanol–water partition coefficient (Wildman–Crippen LogP) is 2.70. The van der Waals surface area contributed by atoms with Crippen molar-refractivity contribution < 1.29 is 23.8 Å². The number of hydrogen-bond donors (Lipinski definition) is 1. The number of rotatable bonds is 4. The minimum Gasteiger partial charge on any atom is -0.454 e. The number of nitrogens with one attached hydrogen (secondary N) is 1. The Kier molecular flexibility index (Phi) is 5.69. The van der Waals surface area contributed by atoms with Crippen LogP contribution in [0.15, 0.2) is 48.2 Å². The zero-order valence-corrected chi connectivity index (χ0v) is 16.3. The third-order valence-corrected chi connectivity index (χ3v) is 4.93. The molecule has 0 radical (unpaired) electrons. The molecule has 1 fully saturated rings. The number of nitrogens with zero attached hydrogens (tertiary/aromatic N) is 1. The Morgan fingerprint density at radius 1 is 1.03 bits per heavy atom. The highest BCUT2D eigenvalue weighted by atomic mass is 35.5. The van der Waals surface area contributed by atoms with Crippen LogP contribution in [0.1, 0.15) is 15.9 Å². The van der Waals surface area contributed by atoms with Crippen molar-refractivity contribution in [1.29, 1.82) is 0 Å². The van der Waals surface area contributed by atoms with E-state index in [0.29, 0.717) is 54.0 Å². The maximum Gasteiger partial charge on any atom is 0.270 e. The van der Waals surface area contributed by atoms with Crippen molar-refractivity contribution in [3.05, 3.63) is 64.3 Å². The number of fused-ring (bicyclic) bond motifs is 1. The first kappa shape index (κ1) is 19.3. The molecule has 1 N–H and O–H groups in total. The first-order chi connectivity index (χ1) is 14.1. The number of carbonyl (C=O) groups is 2. The van der Waals surface area contributed by atoms with Gasteiger partial charge >= 0.3 is 0 Å². The zero-order chi connectivity index (χ0) is 20.2. The third kappa shape index (κ3) is 4.36. The van der Waals surface area contributed by atoms with Crippen LogP contribution in [-0.4, -0.2) is 49.8 Å². The highest BCUT2D eigenvalue weighted by Crippen LogP contribution is 2.33. The maximum absolute atomic E-state index is 13.1. The van der Waals surface area contributed by atoms with Crippen LogP contribution >= 0.6 is 11.6 Å². The van der Waals surface area contributed by atoms with Crippen LogP contribution in [0.25, 0.3) is 6.08 Å². The molecule has 150 valence electrons. The summed E-state index contributed by atoms with van der Waals surface area (Å²) >= 11 is 6.13. The molecular weight excluding hydrogens is 396 g/mol. The Labute approximate surface area is 172 Å². The van der Waals surface area contributed by atoms with Crippen LogP contribution in [0.4, 0.5) is 0 Å². The van der Waals surface area contributed by atoms with Crippen LogP contribution in [-0.2, 0) is 9.53 Å². The van der Waals surface area contributed by atoms with Crippen molar-refractivity contribution >= 4 is 29.5 Å². The van der Waals surface area contributed by atoms with Crippen molar-refractivity contribution in [2.45, 2.75) is 0 Å². The van der Waals surface area contributed by atoms with Gasteiger partial charge in [-0.25, -0.2) is 0 Å². The molecule has 2 heterocycles. The zero-order valence-electron chi connectivity index (χ0n) is 15.5. The summed E-state index contributed by atoms with van der Waals surface area (Å²) in [6.07, 6.45) is 1.62. The topological polar surface area (TPSA) is 77.1 Å². The van der Waals surface area contributed by atoms with Gasteiger partial charge < -0.3 is 24.4 Å². The minimum atomic E-state index is -0.454. The van der Waals surface area contributed by atoms with Gasteiger partial charge in [-0.15, -0.1) is 0 Å². The predicted molar refractivity (Wildman–Crippen MR) is 107 cm³/mol. The van der Waals surface area contributed by atoms with Crippen LogP contribution in [0.3, 0.4) is 0 Å². The van der Waals surface area contributed by atoms with Gasteiger partial charge in [-0.05, 0) is 35.9 Å². The summed E-state index contributed by atoms with van der Waals surface area (Å²) in [5.74, 6) is 0.494. The number of ether oxygens (including phenoxy) is 3. The van der Waals surface area contributed by atoms with E-state index in [1.54, 1.807) is 53.4 Å². The van der Waals surface area contributed by atoms with Crippen LogP contribution in [0, 0.1) is 0 Å². The highest BCUT2D eigenvalue weighted by Gasteiger charge is 2.23. The van der Waals surface area contributed by atoms with Gasteiger partial charge in [0, 0.05) is 13.1 Å². The first-order valence-corrected chi connectivity index (χ1v) is 9.54. The molecule has 2 aliphatic rings. The van der Waals surface area contributed by atoms with E-state index >= 15 is 0 Å². The quantitative estimate of drug-likeness (QED) is 0.778. The Morgan fingerprint density at radius 3 is 2.59 bits per heavy atom. The molecule has 4 rings (SSSR count). The second-order valence-electron chi connectivity index (χ2n) is 6.51. The van der Waals surface area contributed by atoms with E-state index in [0.717, 1.165) is 0 Å². The van der Waals surface area contributed by atoms with E-state index < -0.39 is 5.91 Å². The fourth-order valence-corrected chi connectivity index (χ4v) is 3.31. The van der Waals surface area contributed by atoms with E-state index in [9.17, 15) is 9.59 Å². The molecule has 2 amide bonds. The number of hydrogen-bond acceptors (Lipinski definition) is 5. The lowest BCUT2D eigenvalue weighted by molar-refractivity contribution is -0.131. The number of benzene rings is 2. The van der Waals surface area contributed by atoms with Gasteiger partial charge in [-0.1, -0.05) is 29.8 Å². The summed E-state index contributed by atoms with van der Waals surface area (Å²) in [7, 11) is 0. The van der Waals surface area contributed by atoms with Crippen molar-refractivity contribution in [3.8, 4) is 11.5 Å². The number of amides is 2. The first-order valence-electron chi connectivity index (χ1n) is 9.16. The Hall–Kier alpha value is -3.03. The van der Waals surface area contributed by atoms with Crippen LogP contribution in [0.2, 0.25) is 5.02 Å². The summed E-state index contributed by atoms with van der Waals surface area (Å²) < 4.78 is 16.0. The molecule has 0 unspecified atom stereocenters. The Balaban J connectivity index is 1.64. The highest BCUT2D eigenvalue weighted by molar-refractivity contribution is 6.34. The van der Waals surface area contributed by atoms with Crippen molar-refractivity contribution in [2.75, 3.05) is 33.1 Å². The summed E-state index contributed by atoms with van der Waals surface area (Å²) in [5.41, 5.74) is 1.14. The molecule has 2 aromatic carbocycles. The molecular formula is C21H19ClN2O5. The normalized spacial score (nSPS) is 15.9. The SMILES string of the molecule is O=C(NC(=Cc1ccc2c(c1)OCO2)C(=O)N1CCOCC1)c1ccccc1Cl. The lowest BCUT2D eigenvalue weighted by Gasteiger charge is -2.28. The number of morpholine rings is 1. The lowest BCUT2D eigenvalue weighted by atomic mass is 10.1. The minimum absolute atomic E-state index is 0.149. The summed E-state index contributed by atoms with van der Waals surface area (Å²) in [6.45, 7) is 1.99. The van der Waals surface area contributed by atoms with Gasteiger partial charge in [0.15, 0.2) is 11.5 Å². The van der Waals surface area contributed by atoms with Crippen LogP contribution in [0.5, 0.6) is 11.5 Å². The summed E-state index contributed by atoms with van der Waals surface area (Å²) in [5, 5.41) is 3.03. The van der Waals surface area contributed by atoms with Gasteiger partial charge in [0.25, 0.3) is 11.8 Å². The number of halogens is 1. The molecule has 29 heavy (non-hydrogen) atoms. The lowest BCUT2D eigenvalue weighted by Crippen LogP contribution is -2.44. The molecule has 0 saturated carbocycles. The maximum atomic E-state index is 13.1. The molecule has 2 aliphatic heterocycles. The second kappa shape index (κ2) is 8.55. The molecule has 0 aromatic heterocycles. The third-order valence-electron chi connectivity index (χ3n) is 4.60. The fourth-order valence-electron chi connectivity index (χ4n) is 3.09. The van der Waals surface area contributed by atoms with Crippen molar-refractivity contribution in [1.82, 2.24) is 10.2 Å². The standard InChI is InChI=1S/C21H19ClN2O5/c22-16-4-2-1-3-15(16)20(25)23-17(21(26)24-7-9-27-10-8-24)11-14-5-6-18-19(12-14)29-13-28-18/h1-6,11-12H,7-10,13H2,(H,23,25). The van der Waals surface area contributed by atoms with Gasteiger partial charge in [0.1, 0.15) is 5.70 Å². The van der Waals surface area contributed by atoms with Gasteiger partial charge in [0.2, 0.25) is 6.79 Å². The monoisotopic (exact) mass is 414 g/mol. The molecule has 0 spiro atoms. The molecule has 7 nitrogen and oxygen atoms in total. The summed E-state index contributed by atoms with van der Waals surface area (Å²) in [6, 6.07) is 12.0. The van der Waals surface area contributed by atoms with E-state index in [2.05, 4.69) is 5.32 Å². The number of carbonyl (C=O) groups excluding carboxylic acids is 2. The average molecular weight is 415 g/mol. The molecule has 8 heteroatoms. The van der Waals surface area contributed by atoms with Crippen molar-refractivity contribution in [2.24, 2.45) is 0 Å². The fraction of sp³-hybridized carbons (Fsp3) is 0.238. The Morgan fingerprint density at radius 2 is 1.79 bits per heavy atom. The largest absolute Gasteiger partial charge is 0.454 e. The molecule has 2 aromatic rings. The van der Waals surface area contributed by atoms with E-state index in [4.69, 9.17) is 25.8 Å². The van der Waals surface area contributed by atoms with Gasteiger partial charge in [-0.3, -0.25) is 9.59 Å². The van der Waals surface area contributed by atoms with Gasteiger partial charge in [0.05, 0.1) is 23.8 Å². The smallest absolute Gasteiger partial charge is 0.270 e. The molecule has 0 atom stereocenters. The van der Waals surface area contributed by atoms with E-state index in [1.165, 1.54) is 0 Å². The van der Waals surface area contributed by atoms with Crippen LogP contribution < -0.4 is 14.8 Å². The van der Waals surface area contributed by atoms with Gasteiger partial charge in [-0.2, -0.15) is 0 Å². The van der Waals surface area contributed by atoms with E-state index in [-0.39, 0.29) is 18.4 Å². The average Bonchev–Trinajstić information content (AvgIpc) is 3.21. The molecule has 0 bridgehead atoms. The second-order valence-corrected chi connectivity index (χ2v) is 6.92.